The van der Waals surface area contributed by atoms with Crippen molar-refractivity contribution in [2.75, 3.05) is 0 Å². The predicted molar refractivity (Wildman–Crippen MR) is 88.5 cm³/mol. The minimum Gasteiger partial charge on any atom is -0.337 e. The van der Waals surface area contributed by atoms with Gasteiger partial charge in [0.1, 0.15) is 6.17 Å². The number of halogens is 3. The molecule has 0 aliphatic heterocycles. The Morgan fingerprint density at radius 3 is 2.05 bits per heavy atom. The third-order valence-corrected chi connectivity index (χ3v) is 3.37. The van der Waals surface area contributed by atoms with Gasteiger partial charge in [0.2, 0.25) is 9.70 Å². The molecule has 0 spiro atoms. The molecule has 3 nitrogen and oxygen atoms in total. The largest absolute Gasteiger partial charge is 0.337 e. The zero-order valence-electron chi connectivity index (χ0n) is 12.9. The van der Waals surface area contributed by atoms with E-state index in [1.54, 1.807) is 0 Å². The molecule has 0 aliphatic carbocycles. The Morgan fingerprint density at radius 1 is 1.05 bits per heavy atom. The zero-order chi connectivity index (χ0) is 15.8. The number of hydrogen-bond donors (Lipinski definition) is 2. The smallest absolute Gasteiger partial charge is 0.223 e. The van der Waals surface area contributed by atoms with E-state index in [1.165, 1.54) is 12.8 Å². The van der Waals surface area contributed by atoms with Gasteiger partial charge in [-0.05, 0) is 27.2 Å². The van der Waals surface area contributed by atoms with Crippen molar-refractivity contribution in [1.29, 1.82) is 0 Å². The first kappa shape index (κ1) is 20.3. The van der Waals surface area contributed by atoms with Crippen molar-refractivity contribution in [2.45, 2.75) is 81.7 Å². The van der Waals surface area contributed by atoms with Crippen LogP contribution in [-0.2, 0) is 4.79 Å². The summed E-state index contributed by atoms with van der Waals surface area (Å²) in [6.07, 6.45) is 5.27. The van der Waals surface area contributed by atoms with Gasteiger partial charge in [0, 0.05) is 12.0 Å². The lowest BCUT2D eigenvalue weighted by Gasteiger charge is -2.33. The minimum absolute atomic E-state index is 0.0884. The normalized spacial score (nSPS) is 14.2. The first-order valence-corrected chi connectivity index (χ1v) is 8.33. The molecule has 0 aromatic carbocycles. The van der Waals surface area contributed by atoms with Gasteiger partial charge in [-0.1, -0.05) is 67.4 Å². The Balaban J connectivity index is 4.20. The molecule has 20 heavy (non-hydrogen) atoms. The van der Waals surface area contributed by atoms with Crippen molar-refractivity contribution in [1.82, 2.24) is 10.6 Å². The number of carbonyl (C=O) groups is 1. The molecule has 0 bridgehead atoms. The number of hydrogen-bond acceptors (Lipinski definition) is 2. The highest BCUT2D eigenvalue weighted by Gasteiger charge is 2.36. The van der Waals surface area contributed by atoms with Crippen LogP contribution in [0.4, 0.5) is 0 Å². The van der Waals surface area contributed by atoms with Crippen LogP contribution in [0.5, 0.6) is 0 Å². The van der Waals surface area contributed by atoms with Crippen molar-refractivity contribution < 1.29 is 4.79 Å². The molecule has 1 amide bonds. The van der Waals surface area contributed by atoms with Gasteiger partial charge in [0.25, 0.3) is 0 Å². The molecule has 0 heterocycles. The van der Waals surface area contributed by atoms with E-state index in [1.807, 2.05) is 20.8 Å². The van der Waals surface area contributed by atoms with E-state index in [2.05, 4.69) is 17.6 Å². The molecule has 0 aromatic rings. The average molecular weight is 346 g/mol. The Hall–Kier alpha value is 0.300. The fourth-order valence-corrected chi connectivity index (χ4v) is 2.08. The molecule has 1 atom stereocenters. The maximum absolute atomic E-state index is 11.9. The van der Waals surface area contributed by atoms with E-state index in [0.29, 0.717) is 6.42 Å². The quantitative estimate of drug-likeness (QED) is 0.385. The summed E-state index contributed by atoms with van der Waals surface area (Å²) in [5, 5.41) is 5.87. The third kappa shape index (κ3) is 11.0. The standard InChI is InChI=1S/C14H27Cl3N2O/c1-5-6-7-8-9-10-11(20)18-12(14(15,16)17)19-13(2,3)4/h12,19H,5-10H2,1-4H3,(H,18,20)/t12-/m1/s1. The number of amides is 1. The van der Waals surface area contributed by atoms with Crippen molar-refractivity contribution in [2.24, 2.45) is 0 Å². The van der Waals surface area contributed by atoms with Gasteiger partial charge in [-0.2, -0.15) is 0 Å². The molecular weight excluding hydrogens is 319 g/mol. The van der Waals surface area contributed by atoms with Crippen LogP contribution < -0.4 is 10.6 Å². The number of alkyl halides is 3. The van der Waals surface area contributed by atoms with Crippen LogP contribution in [0.1, 0.15) is 66.2 Å². The molecular formula is C14H27Cl3N2O. The molecule has 0 aliphatic rings. The average Bonchev–Trinajstić information content (AvgIpc) is 2.25. The van der Waals surface area contributed by atoms with Crippen molar-refractivity contribution >= 4 is 40.7 Å². The Kier molecular flexibility index (Phi) is 9.48. The lowest BCUT2D eigenvalue weighted by Crippen LogP contribution is -2.58. The molecule has 0 rings (SSSR count). The Morgan fingerprint density at radius 2 is 1.60 bits per heavy atom. The maximum atomic E-state index is 11.9. The summed E-state index contributed by atoms with van der Waals surface area (Å²) in [5.41, 5.74) is -0.261. The highest BCUT2D eigenvalue weighted by atomic mass is 35.6. The summed E-state index contributed by atoms with van der Waals surface area (Å²) in [6.45, 7) is 8.02. The first-order valence-electron chi connectivity index (χ1n) is 7.20. The van der Waals surface area contributed by atoms with Crippen molar-refractivity contribution in [3.05, 3.63) is 0 Å². The van der Waals surface area contributed by atoms with Crippen LogP contribution in [0.25, 0.3) is 0 Å². The van der Waals surface area contributed by atoms with E-state index in [9.17, 15) is 4.79 Å². The SMILES string of the molecule is CCCCCCCC(=O)N[C@H](NC(C)(C)C)C(Cl)(Cl)Cl. The van der Waals surface area contributed by atoms with E-state index >= 15 is 0 Å². The maximum Gasteiger partial charge on any atom is 0.223 e. The lowest BCUT2D eigenvalue weighted by molar-refractivity contribution is -0.122. The number of unbranched alkanes of at least 4 members (excludes halogenated alkanes) is 4. The second-order valence-corrected chi connectivity index (χ2v) is 8.47. The van der Waals surface area contributed by atoms with Gasteiger partial charge < -0.3 is 5.32 Å². The first-order chi connectivity index (χ1) is 9.06. The molecule has 0 radical (unpaired) electrons. The highest BCUT2D eigenvalue weighted by molar-refractivity contribution is 6.68. The van der Waals surface area contributed by atoms with E-state index < -0.39 is 9.96 Å². The second kappa shape index (κ2) is 9.34. The van der Waals surface area contributed by atoms with Crippen LogP contribution >= 0.6 is 34.8 Å². The number of nitrogens with one attached hydrogen (secondary N) is 2. The van der Waals surface area contributed by atoms with Gasteiger partial charge in [-0.15, -0.1) is 0 Å². The van der Waals surface area contributed by atoms with Crippen molar-refractivity contribution in [3.63, 3.8) is 0 Å². The van der Waals surface area contributed by atoms with Crippen LogP contribution in [0, 0.1) is 0 Å². The fourth-order valence-electron chi connectivity index (χ4n) is 1.76. The van der Waals surface area contributed by atoms with Crippen LogP contribution in [-0.4, -0.2) is 21.4 Å². The Bertz CT molecular complexity index is 285. The van der Waals surface area contributed by atoms with Crippen LogP contribution in [0.15, 0.2) is 0 Å². The van der Waals surface area contributed by atoms with Crippen molar-refractivity contribution in [3.8, 4) is 0 Å². The van der Waals surface area contributed by atoms with E-state index in [-0.39, 0.29) is 11.4 Å². The molecule has 2 N–H and O–H groups in total. The minimum atomic E-state index is -1.58. The topological polar surface area (TPSA) is 41.1 Å². The number of carbonyl (C=O) groups excluding carboxylic acids is 1. The fraction of sp³-hybridized carbons (Fsp3) is 0.929. The lowest BCUT2D eigenvalue weighted by atomic mass is 10.1. The van der Waals surface area contributed by atoms with Gasteiger partial charge in [0.15, 0.2) is 0 Å². The third-order valence-electron chi connectivity index (χ3n) is 2.72. The summed E-state index contributed by atoms with van der Waals surface area (Å²) >= 11 is 17.7. The molecule has 0 saturated carbocycles. The molecule has 0 fully saturated rings. The van der Waals surface area contributed by atoms with E-state index in [0.717, 1.165) is 19.3 Å². The molecule has 0 aromatic heterocycles. The number of rotatable bonds is 8. The molecule has 0 saturated heterocycles. The van der Waals surface area contributed by atoms with Gasteiger partial charge in [-0.25, -0.2) is 0 Å². The van der Waals surface area contributed by atoms with Crippen LogP contribution in [0.2, 0.25) is 0 Å². The summed E-state index contributed by atoms with van der Waals surface area (Å²) in [4.78, 5) is 11.9. The van der Waals surface area contributed by atoms with Crippen LogP contribution in [0.3, 0.4) is 0 Å². The zero-order valence-corrected chi connectivity index (χ0v) is 15.1. The van der Waals surface area contributed by atoms with Gasteiger partial charge in [0.05, 0.1) is 0 Å². The molecule has 0 unspecified atom stereocenters. The Labute approximate surface area is 138 Å². The highest BCUT2D eigenvalue weighted by Crippen LogP contribution is 2.30. The van der Waals surface area contributed by atoms with E-state index in [4.69, 9.17) is 34.8 Å². The van der Waals surface area contributed by atoms with Gasteiger partial charge >= 0.3 is 0 Å². The van der Waals surface area contributed by atoms with Gasteiger partial charge in [-0.3, -0.25) is 10.1 Å². The molecule has 6 heteroatoms. The summed E-state index contributed by atoms with van der Waals surface area (Å²) in [7, 11) is 0. The summed E-state index contributed by atoms with van der Waals surface area (Å²) in [5.74, 6) is -0.0884. The monoisotopic (exact) mass is 344 g/mol. The predicted octanol–water partition coefficient (Wildman–Crippen LogP) is 4.55. The summed E-state index contributed by atoms with van der Waals surface area (Å²) < 4.78 is -1.58. The second-order valence-electron chi connectivity index (χ2n) is 6.10. The summed E-state index contributed by atoms with van der Waals surface area (Å²) in [6, 6.07) is 0. The molecule has 120 valence electrons.